The summed E-state index contributed by atoms with van der Waals surface area (Å²) in [5.74, 6) is 0. The van der Waals surface area contributed by atoms with Crippen LogP contribution in [0.15, 0.2) is 29.6 Å². The standard InChI is InChI=1S/C10H15N5O/c1-2-13-3-4-14(10(13)16)5-6-15-8-9(11)7-12-15/h3-4,7-8H,2,5-6,11H2,1H3. The van der Waals surface area contributed by atoms with Crippen molar-refractivity contribution in [3.8, 4) is 0 Å². The van der Waals surface area contributed by atoms with Gasteiger partial charge in [0.25, 0.3) is 0 Å². The number of hydrogen-bond donors (Lipinski definition) is 1. The summed E-state index contributed by atoms with van der Waals surface area (Å²) in [6.45, 7) is 3.89. The highest BCUT2D eigenvalue weighted by molar-refractivity contribution is 5.30. The third-order valence-electron chi connectivity index (χ3n) is 2.48. The summed E-state index contributed by atoms with van der Waals surface area (Å²) < 4.78 is 5.06. The molecule has 2 aromatic rings. The summed E-state index contributed by atoms with van der Waals surface area (Å²) in [7, 11) is 0. The third kappa shape index (κ3) is 2.00. The lowest BCUT2D eigenvalue weighted by Crippen LogP contribution is -2.25. The maximum Gasteiger partial charge on any atom is 0.328 e. The van der Waals surface area contributed by atoms with Crippen LogP contribution < -0.4 is 11.4 Å². The quantitative estimate of drug-likeness (QED) is 0.798. The Morgan fingerprint density at radius 2 is 2.06 bits per heavy atom. The molecular weight excluding hydrogens is 206 g/mol. The normalized spacial score (nSPS) is 10.8. The first-order valence-electron chi connectivity index (χ1n) is 5.24. The molecule has 0 saturated heterocycles. The zero-order chi connectivity index (χ0) is 11.5. The van der Waals surface area contributed by atoms with E-state index in [9.17, 15) is 4.79 Å². The van der Waals surface area contributed by atoms with E-state index >= 15 is 0 Å². The van der Waals surface area contributed by atoms with Gasteiger partial charge in [-0.1, -0.05) is 0 Å². The van der Waals surface area contributed by atoms with Crippen molar-refractivity contribution in [2.75, 3.05) is 5.73 Å². The molecule has 0 radical (unpaired) electrons. The number of aromatic nitrogens is 4. The highest BCUT2D eigenvalue weighted by atomic mass is 16.1. The number of nitrogens with two attached hydrogens (primary N) is 1. The van der Waals surface area contributed by atoms with Gasteiger partial charge in [0, 0.05) is 31.7 Å². The van der Waals surface area contributed by atoms with E-state index in [2.05, 4.69) is 5.10 Å². The van der Waals surface area contributed by atoms with Crippen molar-refractivity contribution in [3.63, 3.8) is 0 Å². The Labute approximate surface area is 92.9 Å². The Bertz CT molecular complexity index is 521. The van der Waals surface area contributed by atoms with Gasteiger partial charge >= 0.3 is 5.69 Å². The molecule has 0 aromatic carbocycles. The summed E-state index contributed by atoms with van der Waals surface area (Å²) in [5.41, 5.74) is 6.20. The Kier molecular flexibility index (Phi) is 2.80. The van der Waals surface area contributed by atoms with Gasteiger partial charge in [-0.05, 0) is 6.92 Å². The van der Waals surface area contributed by atoms with Gasteiger partial charge in [-0.25, -0.2) is 4.79 Å². The van der Waals surface area contributed by atoms with Gasteiger partial charge in [-0.2, -0.15) is 5.10 Å². The minimum Gasteiger partial charge on any atom is -0.396 e. The number of anilines is 1. The summed E-state index contributed by atoms with van der Waals surface area (Å²) >= 11 is 0. The van der Waals surface area contributed by atoms with Crippen LogP contribution in [0.2, 0.25) is 0 Å². The first-order chi connectivity index (χ1) is 7.70. The lowest BCUT2D eigenvalue weighted by Gasteiger charge is -2.01. The molecule has 2 N–H and O–H groups in total. The Balaban J connectivity index is 2.05. The Morgan fingerprint density at radius 1 is 1.31 bits per heavy atom. The van der Waals surface area contributed by atoms with Gasteiger partial charge in [0.1, 0.15) is 0 Å². The van der Waals surface area contributed by atoms with E-state index in [1.54, 1.807) is 38.6 Å². The van der Waals surface area contributed by atoms with Gasteiger partial charge in [-0.3, -0.25) is 13.8 Å². The zero-order valence-corrected chi connectivity index (χ0v) is 9.21. The minimum absolute atomic E-state index is 0.0163. The van der Waals surface area contributed by atoms with Crippen molar-refractivity contribution in [1.82, 2.24) is 18.9 Å². The van der Waals surface area contributed by atoms with Crippen LogP contribution in [0, 0.1) is 0 Å². The molecule has 0 aliphatic carbocycles. The smallest absolute Gasteiger partial charge is 0.328 e. The van der Waals surface area contributed by atoms with E-state index in [1.807, 2.05) is 6.92 Å². The van der Waals surface area contributed by atoms with Gasteiger partial charge < -0.3 is 5.73 Å². The van der Waals surface area contributed by atoms with Crippen LogP contribution >= 0.6 is 0 Å². The SMILES string of the molecule is CCn1ccn(CCn2cc(N)cn2)c1=O. The highest BCUT2D eigenvalue weighted by Gasteiger charge is 2.01. The number of hydrogen-bond acceptors (Lipinski definition) is 3. The fourth-order valence-corrected chi connectivity index (χ4v) is 1.58. The van der Waals surface area contributed by atoms with Crippen molar-refractivity contribution in [2.45, 2.75) is 26.6 Å². The second kappa shape index (κ2) is 4.26. The number of aryl methyl sites for hydroxylation is 3. The second-order valence-corrected chi connectivity index (χ2v) is 3.60. The first-order valence-corrected chi connectivity index (χ1v) is 5.24. The van der Waals surface area contributed by atoms with Crippen molar-refractivity contribution in [2.24, 2.45) is 0 Å². The van der Waals surface area contributed by atoms with E-state index in [0.717, 1.165) is 0 Å². The van der Waals surface area contributed by atoms with Gasteiger partial charge in [0.2, 0.25) is 0 Å². The molecule has 0 spiro atoms. The maximum atomic E-state index is 11.7. The highest BCUT2D eigenvalue weighted by Crippen LogP contribution is 1.98. The van der Waals surface area contributed by atoms with Crippen LogP contribution in [0.5, 0.6) is 0 Å². The van der Waals surface area contributed by atoms with Crippen LogP contribution in [0.3, 0.4) is 0 Å². The minimum atomic E-state index is 0.0163. The summed E-state index contributed by atoms with van der Waals surface area (Å²) in [6, 6.07) is 0. The lowest BCUT2D eigenvalue weighted by atomic mass is 10.6. The number of nitrogen functional groups attached to an aromatic ring is 1. The van der Waals surface area contributed by atoms with E-state index < -0.39 is 0 Å². The fraction of sp³-hybridized carbons (Fsp3) is 0.400. The molecule has 2 rings (SSSR count). The summed E-state index contributed by atoms with van der Waals surface area (Å²) in [6.07, 6.45) is 6.93. The summed E-state index contributed by atoms with van der Waals surface area (Å²) in [4.78, 5) is 11.7. The molecule has 2 heterocycles. The van der Waals surface area contributed by atoms with Crippen LogP contribution in [0.1, 0.15) is 6.92 Å². The number of rotatable bonds is 4. The Hall–Kier alpha value is -1.98. The zero-order valence-electron chi connectivity index (χ0n) is 9.21. The van der Waals surface area contributed by atoms with E-state index in [1.165, 1.54) is 0 Å². The molecule has 0 unspecified atom stereocenters. The molecule has 2 aromatic heterocycles. The molecular formula is C10H15N5O. The van der Waals surface area contributed by atoms with E-state index in [0.29, 0.717) is 25.3 Å². The topological polar surface area (TPSA) is 70.8 Å². The van der Waals surface area contributed by atoms with Crippen molar-refractivity contribution >= 4 is 5.69 Å². The van der Waals surface area contributed by atoms with Gasteiger partial charge in [0.05, 0.1) is 18.4 Å². The van der Waals surface area contributed by atoms with Crippen LogP contribution in [-0.2, 0) is 19.6 Å². The van der Waals surface area contributed by atoms with E-state index in [4.69, 9.17) is 5.73 Å². The first kappa shape index (κ1) is 10.5. The average Bonchev–Trinajstić information content (AvgIpc) is 2.83. The Morgan fingerprint density at radius 3 is 2.62 bits per heavy atom. The lowest BCUT2D eigenvalue weighted by molar-refractivity contribution is 0.516. The van der Waals surface area contributed by atoms with Crippen molar-refractivity contribution in [1.29, 1.82) is 0 Å². The molecule has 0 bridgehead atoms. The molecule has 86 valence electrons. The molecule has 0 atom stereocenters. The molecule has 0 aliphatic rings. The monoisotopic (exact) mass is 221 g/mol. The third-order valence-corrected chi connectivity index (χ3v) is 2.48. The largest absolute Gasteiger partial charge is 0.396 e. The number of nitrogens with zero attached hydrogens (tertiary/aromatic N) is 4. The van der Waals surface area contributed by atoms with Crippen LogP contribution in [0.4, 0.5) is 5.69 Å². The van der Waals surface area contributed by atoms with Crippen LogP contribution in [0.25, 0.3) is 0 Å². The molecule has 0 fully saturated rings. The predicted octanol–water partition coefficient (Wildman–Crippen LogP) is 0.149. The molecule has 0 amide bonds. The number of imidazole rings is 1. The molecule has 6 nitrogen and oxygen atoms in total. The van der Waals surface area contributed by atoms with Gasteiger partial charge in [-0.15, -0.1) is 0 Å². The second-order valence-electron chi connectivity index (χ2n) is 3.60. The van der Waals surface area contributed by atoms with Gasteiger partial charge in [0.15, 0.2) is 0 Å². The molecule has 6 heteroatoms. The fourth-order valence-electron chi connectivity index (χ4n) is 1.58. The maximum absolute atomic E-state index is 11.7. The molecule has 0 aliphatic heterocycles. The average molecular weight is 221 g/mol. The summed E-state index contributed by atoms with van der Waals surface area (Å²) in [5, 5.41) is 4.06. The molecule has 16 heavy (non-hydrogen) atoms. The van der Waals surface area contributed by atoms with Crippen molar-refractivity contribution < 1.29 is 0 Å². The molecule has 0 saturated carbocycles. The van der Waals surface area contributed by atoms with Crippen LogP contribution in [-0.4, -0.2) is 18.9 Å². The van der Waals surface area contributed by atoms with Crippen molar-refractivity contribution in [3.05, 3.63) is 35.3 Å². The van der Waals surface area contributed by atoms with E-state index in [-0.39, 0.29) is 5.69 Å². The predicted molar refractivity (Wildman–Crippen MR) is 61.0 cm³/mol.